The summed E-state index contributed by atoms with van der Waals surface area (Å²) in [5, 5.41) is 3.06. The van der Waals surface area contributed by atoms with Crippen LogP contribution in [-0.4, -0.2) is 37.9 Å². The summed E-state index contributed by atoms with van der Waals surface area (Å²) in [6.07, 6.45) is 1.36. The van der Waals surface area contributed by atoms with Gasteiger partial charge in [0.2, 0.25) is 0 Å². The Bertz CT molecular complexity index is 1560. The number of aromatic nitrogens is 3. The van der Waals surface area contributed by atoms with Crippen LogP contribution >= 0.6 is 0 Å². The summed E-state index contributed by atoms with van der Waals surface area (Å²) in [6, 6.07) is 17.3. The van der Waals surface area contributed by atoms with Crippen molar-refractivity contribution in [3.63, 3.8) is 0 Å². The van der Waals surface area contributed by atoms with Crippen LogP contribution < -0.4 is 16.6 Å². The third-order valence-corrected chi connectivity index (χ3v) is 6.10. The molecule has 0 unspecified atom stereocenters. The fraction of sp³-hybridized carbons (Fsp3) is 0.192. The van der Waals surface area contributed by atoms with Crippen LogP contribution in [0.1, 0.15) is 39.2 Å². The number of nitrogens with one attached hydrogen (secondary N) is 1. The predicted octanol–water partition coefficient (Wildman–Crippen LogP) is 2.72. The van der Waals surface area contributed by atoms with E-state index in [4.69, 9.17) is 0 Å². The number of fused-ring (bicyclic) bond motifs is 1. The van der Waals surface area contributed by atoms with Gasteiger partial charge in [0.05, 0.1) is 17.0 Å². The molecule has 178 valence electrons. The van der Waals surface area contributed by atoms with Gasteiger partial charge in [-0.25, -0.2) is 9.78 Å². The van der Waals surface area contributed by atoms with Gasteiger partial charge in [-0.05, 0) is 42.8 Å². The third kappa shape index (κ3) is 4.48. The van der Waals surface area contributed by atoms with Gasteiger partial charge in [-0.15, -0.1) is 0 Å². The number of pyridine rings is 1. The van der Waals surface area contributed by atoms with Crippen molar-refractivity contribution < 1.29 is 9.59 Å². The van der Waals surface area contributed by atoms with Crippen LogP contribution in [0.2, 0.25) is 0 Å². The molecular formula is C26H25N5O4. The average Bonchev–Trinajstić information content (AvgIpc) is 2.89. The molecule has 0 aliphatic rings. The quantitative estimate of drug-likeness (QED) is 0.482. The first-order valence-electron chi connectivity index (χ1n) is 11.0. The first kappa shape index (κ1) is 23.6. The van der Waals surface area contributed by atoms with Gasteiger partial charge in [-0.3, -0.25) is 23.5 Å². The van der Waals surface area contributed by atoms with Crippen LogP contribution in [-0.2, 0) is 14.1 Å². The fourth-order valence-corrected chi connectivity index (χ4v) is 3.85. The molecule has 2 aromatic heterocycles. The summed E-state index contributed by atoms with van der Waals surface area (Å²) in [5.41, 5.74) is 1.43. The molecule has 9 heteroatoms. The number of amides is 2. The minimum Gasteiger partial charge on any atom is -0.335 e. The van der Waals surface area contributed by atoms with Crippen molar-refractivity contribution in [3.8, 4) is 0 Å². The Morgan fingerprint density at radius 2 is 1.66 bits per heavy atom. The number of carbonyl (C=O) groups excluding carboxylic acids is 2. The Morgan fingerprint density at radius 1 is 0.943 bits per heavy atom. The zero-order valence-corrected chi connectivity index (χ0v) is 19.9. The highest BCUT2D eigenvalue weighted by Crippen LogP contribution is 2.24. The first-order valence-corrected chi connectivity index (χ1v) is 11.0. The lowest BCUT2D eigenvalue weighted by atomic mass is 10.1. The first-order chi connectivity index (χ1) is 16.7. The molecule has 0 bridgehead atoms. The molecule has 0 radical (unpaired) electrons. The smallest absolute Gasteiger partial charge is 0.332 e. The van der Waals surface area contributed by atoms with Crippen molar-refractivity contribution >= 4 is 28.5 Å². The molecule has 2 aromatic carbocycles. The summed E-state index contributed by atoms with van der Waals surface area (Å²) in [5.74, 6) is -0.556. The van der Waals surface area contributed by atoms with Crippen LogP contribution in [0.25, 0.3) is 11.0 Å². The number of rotatable bonds is 5. The topological polar surface area (TPSA) is 106 Å². The van der Waals surface area contributed by atoms with Gasteiger partial charge in [0.15, 0.2) is 0 Å². The predicted molar refractivity (Wildman–Crippen MR) is 134 cm³/mol. The average molecular weight is 472 g/mol. The maximum Gasteiger partial charge on any atom is 0.332 e. The van der Waals surface area contributed by atoms with Crippen LogP contribution in [0.5, 0.6) is 0 Å². The Morgan fingerprint density at radius 3 is 2.37 bits per heavy atom. The van der Waals surface area contributed by atoms with Gasteiger partial charge < -0.3 is 10.2 Å². The zero-order valence-electron chi connectivity index (χ0n) is 19.9. The molecule has 0 aliphatic heterocycles. The lowest BCUT2D eigenvalue weighted by Crippen LogP contribution is -2.37. The lowest BCUT2D eigenvalue weighted by molar-refractivity contribution is 0.0742. The highest BCUT2D eigenvalue weighted by molar-refractivity contribution is 6.04. The number of aryl methyl sites for hydroxylation is 1. The van der Waals surface area contributed by atoms with Crippen molar-refractivity contribution in [2.75, 3.05) is 12.4 Å². The minimum atomic E-state index is -0.511. The van der Waals surface area contributed by atoms with E-state index in [0.717, 1.165) is 10.1 Å². The van der Waals surface area contributed by atoms with E-state index in [-0.39, 0.29) is 34.5 Å². The van der Waals surface area contributed by atoms with Crippen LogP contribution in [0.15, 0.2) is 76.4 Å². The number of hydrogen-bond donors (Lipinski definition) is 1. The largest absolute Gasteiger partial charge is 0.335 e. The minimum absolute atomic E-state index is 0.187. The molecule has 0 saturated heterocycles. The maximum atomic E-state index is 13.2. The number of hydrogen-bond acceptors (Lipinski definition) is 5. The summed E-state index contributed by atoms with van der Waals surface area (Å²) >= 11 is 0. The van der Waals surface area contributed by atoms with Crippen LogP contribution in [0.4, 0.5) is 5.69 Å². The van der Waals surface area contributed by atoms with Crippen LogP contribution in [0.3, 0.4) is 0 Å². The molecule has 1 atom stereocenters. The number of anilines is 1. The van der Waals surface area contributed by atoms with Crippen molar-refractivity contribution in [2.45, 2.75) is 13.0 Å². The molecular weight excluding hydrogens is 446 g/mol. The Kier molecular flexibility index (Phi) is 6.33. The Balaban J connectivity index is 1.58. The van der Waals surface area contributed by atoms with Gasteiger partial charge in [-0.1, -0.05) is 30.3 Å². The fourth-order valence-electron chi connectivity index (χ4n) is 3.85. The normalized spacial score (nSPS) is 11.8. The van der Waals surface area contributed by atoms with E-state index in [9.17, 15) is 19.2 Å². The SMILES string of the molecule is C[C@H](c1cccc(NC(=O)c2ccccc2)c1)N(C)C(=O)c1cnc2c(c1)c(=O)n(C)c(=O)n2C. The Hall–Kier alpha value is -4.53. The summed E-state index contributed by atoms with van der Waals surface area (Å²) < 4.78 is 2.26. The monoisotopic (exact) mass is 471 g/mol. The molecule has 1 N–H and O–H groups in total. The summed E-state index contributed by atoms with van der Waals surface area (Å²) in [6.45, 7) is 1.87. The second kappa shape index (κ2) is 9.38. The van der Waals surface area contributed by atoms with E-state index in [2.05, 4.69) is 10.3 Å². The summed E-state index contributed by atoms with van der Waals surface area (Å²) in [7, 11) is 4.57. The lowest BCUT2D eigenvalue weighted by Gasteiger charge is -2.26. The number of benzene rings is 2. The van der Waals surface area contributed by atoms with Gasteiger partial charge >= 0.3 is 5.69 Å². The zero-order chi connectivity index (χ0) is 25.3. The number of carbonyl (C=O) groups is 2. The molecule has 0 fully saturated rings. The van der Waals surface area contributed by atoms with Crippen molar-refractivity contribution in [3.05, 3.63) is 104 Å². The molecule has 35 heavy (non-hydrogen) atoms. The van der Waals surface area contributed by atoms with Gasteiger partial charge in [0, 0.05) is 38.6 Å². The van der Waals surface area contributed by atoms with Gasteiger partial charge in [-0.2, -0.15) is 0 Å². The highest BCUT2D eigenvalue weighted by atomic mass is 16.2. The molecule has 2 heterocycles. The van der Waals surface area contributed by atoms with Crippen LogP contribution in [0, 0.1) is 0 Å². The molecule has 4 aromatic rings. The van der Waals surface area contributed by atoms with E-state index in [1.807, 2.05) is 31.2 Å². The van der Waals surface area contributed by atoms with E-state index in [0.29, 0.717) is 11.3 Å². The van der Waals surface area contributed by atoms with E-state index in [1.165, 1.54) is 35.8 Å². The van der Waals surface area contributed by atoms with E-state index >= 15 is 0 Å². The highest BCUT2D eigenvalue weighted by Gasteiger charge is 2.21. The van der Waals surface area contributed by atoms with Gasteiger partial charge in [0.25, 0.3) is 17.4 Å². The van der Waals surface area contributed by atoms with Crippen molar-refractivity contribution in [1.82, 2.24) is 19.0 Å². The Labute approximate surface area is 201 Å². The maximum absolute atomic E-state index is 13.2. The van der Waals surface area contributed by atoms with E-state index in [1.54, 1.807) is 37.4 Å². The standard InChI is InChI=1S/C26H25N5O4/c1-16(18-11-8-12-20(13-18)28-23(32)17-9-6-5-7-10-17)29(2)24(33)19-14-21-22(27-15-19)30(3)26(35)31(4)25(21)34/h5-16H,1-4H3,(H,28,32)/t16-/m1/s1. The molecule has 0 saturated carbocycles. The third-order valence-electron chi connectivity index (χ3n) is 6.10. The number of nitrogens with zero attached hydrogens (tertiary/aromatic N) is 4. The molecule has 9 nitrogen and oxygen atoms in total. The molecule has 0 aliphatic carbocycles. The van der Waals surface area contributed by atoms with Gasteiger partial charge in [0.1, 0.15) is 5.65 Å². The molecule has 2 amide bonds. The van der Waals surface area contributed by atoms with Crippen molar-refractivity contribution in [1.29, 1.82) is 0 Å². The second-order valence-electron chi connectivity index (χ2n) is 8.34. The summed E-state index contributed by atoms with van der Waals surface area (Å²) in [4.78, 5) is 56.2. The van der Waals surface area contributed by atoms with Crippen molar-refractivity contribution in [2.24, 2.45) is 14.1 Å². The second-order valence-corrected chi connectivity index (χ2v) is 8.34. The van der Waals surface area contributed by atoms with E-state index < -0.39 is 11.2 Å². The molecule has 4 rings (SSSR count). The molecule has 0 spiro atoms.